The summed E-state index contributed by atoms with van der Waals surface area (Å²) in [5.74, 6) is -1.33. The molecule has 0 N–H and O–H groups in total. The highest BCUT2D eigenvalue weighted by atomic mass is 35.5. The summed E-state index contributed by atoms with van der Waals surface area (Å²) in [7, 11) is 0. The van der Waals surface area contributed by atoms with Gasteiger partial charge in [0.05, 0.1) is 22.8 Å². The van der Waals surface area contributed by atoms with Gasteiger partial charge >= 0.3 is 18.1 Å². The summed E-state index contributed by atoms with van der Waals surface area (Å²) >= 11 is 5.85. The van der Waals surface area contributed by atoms with Gasteiger partial charge in [0.15, 0.2) is 6.10 Å². The lowest BCUT2D eigenvalue weighted by atomic mass is 10.2. The van der Waals surface area contributed by atoms with E-state index in [1.54, 1.807) is 6.92 Å². The van der Waals surface area contributed by atoms with Gasteiger partial charge in [-0.15, -0.1) is 0 Å². The highest BCUT2D eigenvalue weighted by Crippen LogP contribution is 2.36. The van der Waals surface area contributed by atoms with Crippen molar-refractivity contribution in [1.82, 2.24) is 0 Å². The van der Waals surface area contributed by atoms with Gasteiger partial charge in [-0.3, -0.25) is 0 Å². The van der Waals surface area contributed by atoms with Gasteiger partial charge in [0, 0.05) is 0 Å². The Kier molecular flexibility index (Phi) is 6.90. The first-order chi connectivity index (χ1) is 13.1. The van der Waals surface area contributed by atoms with E-state index in [2.05, 4.69) is 0 Å². The third-order valence-electron chi connectivity index (χ3n) is 3.46. The zero-order valence-corrected chi connectivity index (χ0v) is 15.6. The fraction of sp³-hybridized carbons (Fsp3) is 0.263. The molecule has 0 saturated carbocycles. The molecule has 1 unspecified atom stereocenters. The average Bonchev–Trinajstić information content (AvgIpc) is 2.63. The van der Waals surface area contributed by atoms with Crippen LogP contribution in [0.5, 0.6) is 11.5 Å². The Bertz CT molecular complexity index is 867. The monoisotopic (exact) mass is 416 g/mol. The van der Waals surface area contributed by atoms with Gasteiger partial charge in [-0.25, -0.2) is 9.59 Å². The molecule has 2 aromatic rings. The highest BCUT2D eigenvalue weighted by Gasteiger charge is 2.31. The minimum Gasteiger partial charge on any atom is -0.463 e. The third kappa shape index (κ3) is 5.63. The lowest BCUT2D eigenvalue weighted by Gasteiger charge is -2.13. The number of benzene rings is 2. The molecule has 150 valence electrons. The van der Waals surface area contributed by atoms with Crippen LogP contribution in [0.1, 0.15) is 29.8 Å². The summed E-state index contributed by atoms with van der Waals surface area (Å²) in [6.07, 6.45) is -5.62. The Morgan fingerprint density at radius 3 is 2.46 bits per heavy atom. The van der Waals surface area contributed by atoms with E-state index in [4.69, 9.17) is 25.8 Å². The molecule has 28 heavy (non-hydrogen) atoms. The van der Waals surface area contributed by atoms with Crippen LogP contribution in [-0.2, 0) is 20.4 Å². The van der Waals surface area contributed by atoms with Crippen molar-refractivity contribution < 1.29 is 37.0 Å². The number of carbonyl (C=O) groups excluding carboxylic acids is 2. The van der Waals surface area contributed by atoms with Crippen LogP contribution in [0.3, 0.4) is 0 Å². The van der Waals surface area contributed by atoms with Crippen molar-refractivity contribution in [3.63, 3.8) is 0 Å². The van der Waals surface area contributed by atoms with E-state index >= 15 is 0 Å². The maximum Gasteiger partial charge on any atom is 0.416 e. The number of ether oxygens (including phenoxy) is 3. The normalized spacial score (nSPS) is 12.2. The number of hydrogen-bond acceptors (Lipinski definition) is 5. The molecule has 0 aliphatic rings. The molecule has 0 aliphatic heterocycles. The summed E-state index contributed by atoms with van der Waals surface area (Å²) in [4.78, 5) is 23.7. The molecule has 0 amide bonds. The molecular weight excluding hydrogens is 401 g/mol. The number of rotatable bonds is 6. The molecule has 1 atom stereocenters. The second-order valence-corrected chi connectivity index (χ2v) is 5.98. The Balaban J connectivity index is 2.13. The van der Waals surface area contributed by atoms with Gasteiger partial charge in [-0.1, -0.05) is 17.7 Å². The zero-order valence-electron chi connectivity index (χ0n) is 14.9. The molecule has 0 spiro atoms. The quantitative estimate of drug-likeness (QED) is 0.601. The minimum absolute atomic E-state index is 0.0138. The number of halogens is 4. The van der Waals surface area contributed by atoms with E-state index in [1.807, 2.05) is 0 Å². The third-order valence-corrected chi connectivity index (χ3v) is 3.75. The number of alkyl halides is 3. The lowest BCUT2D eigenvalue weighted by Crippen LogP contribution is -2.26. The van der Waals surface area contributed by atoms with Crippen molar-refractivity contribution in [2.24, 2.45) is 0 Å². The van der Waals surface area contributed by atoms with E-state index in [1.165, 1.54) is 31.2 Å². The SMILES string of the molecule is CCOC(=O)C(C)OC(=O)c1cccc(Oc2ccc(C(F)(F)F)cc2Cl)c1. The maximum absolute atomic E-state index is 12.7. The Hall–Kier alpha value is -2.74. The van der Waals surface area contributed by atoms with Gasteiger partial charge in [-0.05, 0) is 50.2 Å². The van der Waals surface area contributed by atoms with Crippen molar-refractivity contribution in [3.8, 4) is 11.5 Å². The topological polar surface area (TPSA) is 61.8 Å². The van der Waals surface area contributed by atoms with E-state index in [-0.39, 0.29) is 28.7 Å². The van der Waals surface area contributed by atoms with Crippen LogP contribution in [0.2, 0.25) is 5.02 Å². The Morgan fingerprint density at radius 2 is 1.86 bits per heavy atom. The van der Waals surface area contributed by atoms with Crippen LogP contribution in [0.25, 0.3) is 0 Å². The summed E-state index contributed by atoms with van der Waals surface area (Å²) in [6, 6.07) is 8.38. The number of carbonyl (C=O) groups is 2. The first-order valence-electron chi connectivity index (χ1n) is 8.14. The van der Waals surface area contributed by atoms with E-state index in [0.29, 0.717) is 0 Å². The molecule has 0 bridgehead atoms. The average molecular weight is 417 g/mol. The molecule has 0 aliphatic carbocycles. The van der Waals surface area contributed by atoms with Gasteiger partial charge in [0.25, 0.3) is 0 Å². The van der Waals surface area contributed by atoms with E-state index in [9.17, 15) is 22.8 Å². The first kappa shape index (κ1) is 21.6. The fourth-order valence-corrected chi connectivity index (χ4v) is 2.33. The predicted molar refractivity (Wildman–Crippen MR) is 94.5 cm³/mol. The van der Waals surface area contributed by atoms with Crippen LogP contribution in [-0.4, -0.2) is 24.6 Å². The molecule has 2 rings (SSSR count). The van der Waals surface area contributed by atoms with Crippen LogP contribution >= 0.6 is 11.6 Å². The zero-order chi connectivity index (χ0) is 20.9. The predicted octanol–water partition coefficient (Wildman–Crippen LogP) is 5.26. The first-order valence-corrected chi connectivity index (χ1v) is 8.52. The van der Waals surface area contributed by atoms with Crippen LogP contribution in [0.15, 0.2) is 42.5 Å². The number of hydrogen-bond donors (Lipinski definition) is 0. The van der Waals surface area contributed by atoms with Crippen molar-refractivity contribution in [2.75, 3.05) is 6.61 Å². The van der Waals surface area contributed by atoms with E-state index < -0.39 is 29.8 Å². The van der Waals surface area contributed by atoms with Crippen molar-refractivity contribution in [2.45, 2.75) is 26.1 Å². The summed E-state index contributed by atoms with van der Waals surface area (Å²) in [5, 5.41) is -0.237. The van der Waals surface area contributed by atoms with Gasteiger partial charge in [-0.2, -0.15) is 13.2 Å². The minimum atomic E-state index is -4.53. The van der Waals surface area contributed by atoms with Gasteiger partial charge < -0.3 is 14.2 Å². The molecule has 5 nitrogen and oxygen atoms in total. The van der Waals surface area contributed by atoms with Gasteiger partial charge in [0.1, 0.15) is 11.5 Å². The second kappa shape index (κ2) is 8.97. The van der Waals surface area contributed by atoms with E-state index in [0.717, 1.165) is 18.2 Å². The molecule has 0 aromatic heterocycles. The molecule has 0 heterocycles. The van der Waals surface area contributed by atoms with Gasteiger partial charge in [0.2, 0.25) is 0 Å². The summed E-state index contributed by atoms with van der Waals surface area (Å²) < 4.78 is 53.3. The lowest BCUT2D eigenvalue weighted by molar-refractivity contribution is -0.152. The van der Waals surface area contributed by atoms with Crippen molar-refractivity contribution in [1.29, 1.82) is 0 Å². The smallest absolute Gasteiger partial charge is 0.416 e. The van der Waals surface area contributed by atoms with Crippen LogP contribution in [0.4, 0.5) is 13.2 Å². The Labute approximate surface area is 164 Å². The molecule has 2 aromatic carbocycles. The largest absolute Gasteiger partial charge is 0.463 e. The standard InChI is InChI=1S/C19H16ClF3O5/c1-3-26-17(24)11(2)27-18(25)12-5-4-6-14(9-12)28-16-8-7-13(10-15(16)20)19(21,22)23/h4-11H,3H2,1-2H3. The summed E-state index contributed by atoms with van der Waals surface area (Å²) in [5.41, 5.74) is -0.827. The summed E-state index contributed by atoms with van der Waals surface area (Å²) in [6.45, 7) is 3.15. The van der Waals surface area contributed by atoms with Crippen molar-refractivity contribution in [3.05, 3.63) is 58.6 Å². The molecule has 0 saturated heterocycles. The molecular formula is C19H16ClF3O5. The molecule has 9 heteroatoms. The fourth-order valence-electron chi connectivity index (χ4n) is 2.11. The van der Waals surface area contributed by atoms with Crippen LogP contribution < -0.4 is 4.74 Å². The second-order valence-electron chi connectivity index (χ2n) is 5.57. The molecule has 0 radical (unpaired) electrons. The van der Waals surface area contributed by atoms with Crippen molar-refractivity contribution >= 4 is 23.5 Å². The maximum atomic E-state index is 12.7. The highest BCUT2D eigenvalue weighted by molar-refractivity contribution is 6.32. The number of esters is 2. The Morgan fingerprint density at radius 1 is 1.14 bits per heavy atom. The van der Waals surface area contributed by atoms with Crippen LogP contribution in [0, 0.1) is 0 Å². The molecule has 0 fully saturated rings.